The van der Waals surface area contributed by atoms with Gasteiger partial charge in [-0.25, -0.2) is 9.97 Å². The van der Waals surface area contributed by atoms with Crippen LogP contribution in [0, 0.1) is 0 Å². The van der Waals surface area contributed by atoms with Crippen LogP contribution < -0.4 is 10.2 Å². The van der Waals surface area contributed by atoms with Crippen molar-refractivity contribution >= 4 is 5.82 Å². The molecule has 0 atom stereocenters. The lowest BCUT2D eigenvalue weighted by molar-refractivity contribution is -0.141. The van der Waals surface area contributed by atoms with E-state index in [1.165, 1.54) is 19.0 Å². The van der Waals surface area contributed by atoms with Gasteiger partial charge in [0.25, 0.3) is 0 Å². The van der Waals surface area contributed by atoms with E-state index in [-0.39, 0.29) is 5.82 Å². The number of piperidine rings is 1. The molecule has 26 heavy (non-hydrogen) atoms. The van der Waals surface area contributed by atoms with Crippen LogP contribution in [-0.2, 0) is 6.18 Å². The van der Waals surface area contributed by atoms with Gasteiger partial charge in [-0.15, -0.1) is 0 Å². The van der Waals surface area contributed by atoms with Crippen molar-refractivity contribution in [3.8, 4) is 11.5 Å². The molecule has 1 aliphatic heterocycles. The summed E-state index contributed by atoms with van der Waals surface area (Å²) in [7, 11) is 0. The highest BCUT2D eigenvalue weighted by molar-refractivity contribution is 5.54. The summed E-state index contributed by atoms with van der Waals surface area (Å²) in [6.45, 7) is 1.36. The molecule has 138 valence electrons. The molecule has 8 heteroatoms. The van der Waals surface area contributed by atoms with Crippen molar-refractivity contribution in [3.63, 3.8) is 0 Å². The summed E-state index contributed by atoms with van der Waals surface area (Å²) in [6.07, 6.45) is 1.27. The minimum Gasteiger partial charge on any atom is -0.356 e. The lowest BCUT2D eigenvalue weighted by atomic mass is 10.0. The molecule has 2 aromatic heterocycles. The molecule has 0 amide bonds. The zero-order valence-corrected chi connectivity index (χ0v) is 14.2. The number of nitrogens with zero attached hydrogens (tertiary/aromatic N) is 4. The second-order valence-electron chi connectivity index (χ2n) is 6.85. The van der Waals surface area contributed by atoms with E-state index in [2.05, 4.69) is 20.3 Å². The van der Waals surface area contributed by atoms with E-state index in [9.17, 15) is 13.2 Å². The lowest BCUT2D eigenvalue weighted by Crippen LogP contribution is -2.43. The van der Waals surface area contributed by atoms with Gasteiger partial charge in [-0.1, -0.05) is 6.07 Å². The maximum atomic E-state index is 13.3. The third-order valence-corrected chi connectivity index (χ3v) is 4.76. The summed E-state index contributed by atoms with van der Waals surface area (Å²) < 4.78 is 39.9. The Balaban J connectivity index is 1.58. The third-order valence-electron chi connectivity index (χ3n) is 4.76. The largest absolute Gasteiger partial charge is 0.433 e. The van der Waals surface area contributed by atoms with Crippen molar-refractivity contribution in [2.75, 3.05) is 18.0 Å². The molecular weight excluding hydrogens is 343 g/mol. The van der Waals surface area contributed by atoms with Crippen LogP contribution >= 0.6 is 0 Å². The molecule has 0 bridgehead atoms. The molecule has 0 aromatic carbocycles. The van der Waals surface area contributed by atoms with Crippen molar-refractivity contribution in [3.05, 3.63) is 36.2 Å². The van der Waals surface area contributed by atoms with Crippen molar-refractivity contribution in [1.29, 1.82) is 0 Å². The van der Waals surface area contributed by atoms with Crippen molar-refractivity contribution in [2.45, 2.75) is 43.9 Å². The predicted molar refractivity (Wildman–Crippen MR) is 91.7 cm³/mol. The first kappa shape index (κ1) is 17.2. The Hall–Kier alpha value is -2.22. The first-order chi connectivity index (χ1) is 12.5. The van der Waals surface area contributed by atoms with E-state index < -0.39 is 11.9 Å². The SMILES string of the molecule is FC(F)(F)c1cc(N2CCC(NC3CC3)CC2)nc(-c2ccccn2)n1. The van der Waals surface area contributed by atoms with Gasteiger partial charge >= 0.3 is 6.18 Å². The normalized spacial score (nSPS) is 19.0. The number of anilines is 1. The molecule has 1 N–H and O–H groups in total. The highest BCUT2D eigenvalue weighted by Crippen LogP contribution is 2.32. The van der Waals surface area contributed by atoms with Gasteiger partial charge in [0, 0.05) is 37.4 Å². The Bertz CT molecular complexity index is 753. The first-order valence-electron chi connectivity index (χ1n) is 8.88. The monoisotopic (exact) mass is 363 g/mol. The van der Waals surface area contributed by atoms with Crippen LogP contribution in [0.2, 0.25) is 0 Å². The fraction of sp³-hybridized carbons (Fsp3) is 0.500. The molecule has 4 rings (SSSR count). The Morgan fingerprint density at radius 2 is 1.73 bits per heavy atom. The maximum Gasteiger partial charge on any atom is 0.433 e. The number of alkyl halides is 3. The fourth-order valence-electron chi connectivity index (χ4n) is 3.21. The molecule has 0 unspecified atom stereocenters. The standard InChI is InChI=1S/C18H20F3N5/c19-18(20,21)15-11-16(25-17(24-15)14-3-1-2-8-22-14)26-9-6-13(7-10-26)23-12-4-5-12/h1-3,8,11-13,23H,4-7,9-10H2. The zero-order chi connectivity index (χ0) is 18.1. The van der Waals surface area contributed by atoms with Crippen LogP contribution in [0.4, 0.5) is 19.0 Å². The smallest absolute Gasteiger partial charge is 0.356 e. The van der Waals surface area contributed by atoms with E-state index in [4.69, 9.17) is 0 Å². The van der Waals surface area contributed by atoms with Gasteiger partial charge in [0.2, 0.25) is 0 Å². The van der Waals surface area contributed by atoms with Crippen LogP contribution in [0.25, 0.3) is 11.5 Å². The minimum atomic E-state index is -4.52. The quantitative estimate of drug-likeness (QED) is 0.904. The molecule has 1 saturated heterocycles. The van der Waals surface area contributed by atoms with Crippen LogP contribution in [0.5, 0.6) is 0 Å². The van der Waals surface area contributed by atoms with Crippen LogP contribution in [0.1, 0.15) is 31.4 Å². The topological polar surface area (TPSA) is 53.9 Å². The van der Waals surface area contributed by atoms with E-state index in [0.29, 0.717) is 36.7 Å². The Morgan fingerprint density at radius 3 is 2.35 bits per heavy atom. The number of hydrogen-bond donors (Lipinski definition) is 1. The highest BCUT2D eigenvalue weighted by Gasteiger charge is 2.35. The second kappa shape index (κ2) is 6.83. The van der Waals surface area contributed by atoms with Crippen LogP contribution in [0.15, 0.2) is 30.5 Å². The second-order valence-corrected chi connectivity index (χ2v) is 6.85. The number of rotatable bonds is 4. The van der Waals surface area contributed by atoms with Crippen LogP contribution in [-0.4, -0.2) is 40.1 Å². The average molecular weight is 363 g/mol. The van der Waals surface area contributed by atoms with Gasteiger partial charge in [-0.2, -0.15) is 13.2 Å². The number of pyridine rings is 1. The molecule has 2 fully saturated rings. The summed E-state index contributed by atoms with van der Waals surface area (Å²) in [5, 5.41) is 3.59. The Kier molecular flexibility index (Phi) is 4.52. The number of halogens is 3. The van der Waals surface area contributed by atoms with Gasteiger partial charge in [-0.3, -0.25) is 4.98 Å². The Morgan fingerprint density at radius 1 is 1.00 bits per heavy atom. The molecular formula is C18H20F3N5. The summed E-state index contributed by atoms with van der Waals surface area (Å²) in [6, 6.07) is 7.15. The number of hydrogen-bond acceptors (Lipinski definition) is 5. The van der Waals surface area contributed by atoms with Gasteiger partial charge in [-0.05, 0) is 37.8 Å². The molecule has 3 heterocycles. The van der Waals surface area contributed by atoms with E-state index in [1.54, 1.807) is 18.2 Å². The molecule has 2 aromatic rings. The van der Waals surface area contributed by atoms with Crippen molar-refractivity contribution in [1.82, 2.24) is 20.3 Å². The third kappa shape index (κ3) is 3.95. The summed E-state index contributed by atoms with van der Waals surface area (Å²) in [5.74, 6) is 0.325. The maximum absolute atomic E-state index is 13.3. The van der Waals surface area contributed by atoms with E-state index in [0.717, 1.165) is 18.9 Å². The minimum absolute atomic E-state index is 0.00801. The first-order valence-corrected chi connectivity index (χ1v) is 8.88. The van der Waals surface area contributed by atoms with Gasteiger partial charge in [0.15, 0.2) is 11.5 Å². The Labute approximate surface area is 149 Å². The summed E-state index contributed by atoms with van der Waals surface area (Å²) in [4.78, 5) is 14.1. The highest BCUT2D eigenvalue weighted by atomic mass is 19.4. The molecule has 0 radical (unpaired) electrons. The lowest BCUT2D eigenvalue weighted by Gasteiger charge is -2.33. The fourth-order valence-corrected chi connectivity index (χ4v) is 3.21. The molecule has 2 aliphatic rings. The summed E-state index contributed by atoms with van der Waals surface area (Å²) in [5.41, 5.74) is -0.591. The van der Waals surface area contributed by atoms with Gasteiger partial charge in [0.05, 0.1) is 0 Å². The summed E-state index contributed by atoms with van der Waals surface area (Å²) >= 11 is 0. The number of aromatic nitrogens is 3. The molecule has 1 saturated carbocycles. The molecule has 1 aliphatic carbocycles. The van der Waals surface area contributed by atoms with Gasteiger partial charge in [0.1, 0.15) is 11.5 Å². The van der Waals surface area contributed by atoms with Gasteiger partial charge < -0.3 is 10.2 Å². The molecule has 5 nitrogen and oxygen atoms in total. The van der Waals surface area contributed by atoms with E-state index >= 15 is 0 Å². The molecule has 0 spiro atoms. The van der Waals surface area contributed by atoms with Crippen LogP contribution in [0.3, 0.4) is 0 Å². The number of nitrogens with one attached hydrogen (secondary N) is 1. The zero-order valence-electron chi connectivity index (χ0n) is 14.2. The van der Waals surface area contributed by atoms with Crippen molar-refractivity contribution < 1.29 is 13.2 Å². The predicted octanol–water partition coefficient (Wildman–Crippen LogP) is 3.28. The van der Waals surface area contributed by atoms with E-state index in [1.807, 2.05) is 4.90 Å². The van der Waals surface area contributed by atoms with Crippen molar-refractivity contribution in [2.24, 2.45) is 0 Å². The average Bonchev–Trinajstić information content (AvgIpc) is 3.46.